The van der Waals surface area contributed by atoms with Crippen LogP contribution in [-0.2, 0) is 0 Å². The fourth-order valence-electron chi connectivity index (χ4n) is 2.89. The minimum Gasteiger partial charge on any atom is -0.393 e. The molecule has 0 spiro atoms. The van der Waals surface area contributed by atoms with Crippen LogP contribution in [0.1, 0.15) is 32.3 Å². The zero-order valence-electron chi connectivity index (χ0n) is 12.3. The second kappa shape index (κ2) is 6.51. The van der Waals surface area contributed by atoms with Gasteiger partial charge in [0.05, 0.1) is 6.10 Å². The molecule has 0 bridgehead atoms. The van der Waals surface area contributed by atoms with E-state index in [0.29, 0.717) is 0 Å². The zero-order chi connectivity index (χ0) is 14.6. The summed E-state index contributed by atoms with van der Waals surface area (Å²) in [7, 11) is 0. The second-order valence-electron chi connectivity index (χ2n) is 6.50. The summed E-state index contributed by atoms with van der Waals surface area (Å²) in [6.45, 7) is 7.21. The van der Waals surface area contributed by atoms with E-state index in [9.17, 15) is 9.50 Å². The Kier molecular flexibility index (Phi) is 4.95. The average Bonchev–Trinajstić information content (AvgIpc) is 2.49. The molecule has 110 valence electrons. The van der Waals surface area contributed by atoms with E-state index in [4.69, 9.17) is 0 Å². The highest BCUT2D eigenvalue weighted by Crippen LogP contribution is 2.28. The number of benzene rings is 1. The van der Waals surface area contributed by atoms with Crippen LogP contribution >= 0.6 is 0 Å². The monoisotopic (exact) mass is 277 g/mol. The highest BCUT2D eigenvalue weighted by Gasteiger charge is 2.28. The van der Waals surface area contributed by atoms with Crippen molar-refractivity contribution in [3.05, 3.63) is 41.7 Å². The molecule has 0 radical (unpaired) electrons. The van der Waals surface area contributed by atoms with Crippen LogP contribution in [0.5, 0.6) is 0 Å². The van der Waals surface area contributed by atoms with Gasteiger partial charge < -0.3 is 5.11 Å². The van der Waals surface area contributed by atoms with Crippen LogP contribution in [0, 0.1) is 11.2 Å². The number of aliphatic hydroxyl groups is 1. The molecule has 1 fully saturated rings. The van der Waals surface area contributed by atoms with Crippen molar-refractivity contribution < 1.29 is 9.50 Å². The van der Waals surface area contributed by atoms with Gasteiger partial charge in [-0.2, -0.15) is 0 Å². The Hall–Kier alpha value is -1.19. The van der Waals surface area contributed by atoms with Gasteiger partial charge in [-0.1, -0.05) is 38.1 Å². The summed E-state index contributed by atoms with van der Waals surface area (Å²) in [5.74, 6) is -0.203. The standard InChI is InChI=1S/C17H24FNO/c1-17(2)12-16(20)9-11-19(13-17)10-3-4-14-5-7-15(18)8-6-14/h3-8,16,20H,9-13H2,1-2H3/b4-3+. The van der Waals surface area contributed by atoms with E-state index in [1.54, 1.807) is 12.1 Å². The molecule has 3 heteroatoms. The Morgan fingerprint density at radius 2 is 2.05 bits per heavy atom. The van der Waals surface area contributed by atoms with Crippen LogP contribution in [0.15, 0.2) is 30.3 Å². The molecule has 1 N–H and O–H groups in total. The Bertz CT molecular complexity index is 453. The fourth-order valence-corrected chi connectivity index (χ4v) is 2.89. The van der Waals surface area contributed by atoms with Crippen LogP contribution in [0.25, 0.3) is 6.08 Å². The molecule has 1 aliphatic rings. The van der Waals surface area contributed by atoms with Gasteiger partial charge >= 0.3 is 0 Å². The number of rotatable bonds is 3. The van der Waals surface area contributed by atoms with Gasteiger partial charge in [-0.05, 0) is 36.0 Å². The van der Waals surface area contributed by atoms with Crippen LogP contribution in [0.2, 0.25) is 0 Å². The number of hydrogen-bond acceptors (Lipinski definition) is 2. The predicted octanol–water partition coefficient (Wildman–Crippen LogP) is 3.32. The van der Waals surface area contributed by atoms with Crippen molar-refractivity contribution in [1.29, 1.82) is 0 Å². The number of hydrogen-bond donors (Lipinski definition) is 1. The van der Waals surface area contributed by atoms with Gasteiger partial charge in [0.15, 0.2) is 0 Å². The van der Waals surface area contributed by atoms with E-state index in [-0.39, 0.29) is 17.3 Å². The maximum atomic E-state index is 12.8. The van der Waals surface area contributed by atoms with Crippen LogP contribution in [-0.4, -0.2) is 35.7 Å². The first kappa shape index (κ1) is 15.2. The lowest BCUT2D eigenvalue weighted by molar-refractivity contribution is 0.122. The summed E-state index contributed by atoms with van der Waals surface area (Å²) in [5, 5.41) is 9.89. The molecular weight excluding hydrogens is 253 g/mol. The SMILES string of the molecule is CC1(C)CC(O)CCN(C/C=C/c2ccc(F)cc2)C1. The highest BCUT2D eigenvalue weighted by atomic mass is 19.1. The van der Waals surface area contributed by atoms with E-state index < -0.39 is 0 Å². The molecule has 1 aromatic carbocycles. The summed E-state index contributed by atoms with van der Waals surface area (Å²) >= 11 is 0. The second-order valence-corrected chi connectivity index (χ2v) is 6.50. The lowest BCUT2D eigenvalue weighted by Gasteiger charge is -2.28. The van der Waals surface area contributed by atoms with Crippen LogP contribution < -0.4 is 0 Å². The van der Waals surface area contributed by atoms with E-state index in [0.717, 1.165) is 38.0 Å². The summed E-state index contributed by atoms with van der Waals surface area (Å²) < 4.78 is 12.8. The molecule has 2 rings (SSSR count). The first-order chi connectivity index (χ1) is 9.44. The molecule has 0 aromatic heterocycles. The molecule has 0 aliphatic carbocycles. The number of aliphatic hydroxyl groups excluding tert-OH is 1. The molecule has 1 aromatic rings. The van der Waals surface area contributed by atoms with Crippen LogP contribution in [0.3, 0.4) is 0 Å². The molecule has 1 atom stereocenters. The summed E-state index contributed by atoms with van der Waals surface area (Å²) in [5.41, 5.74) is 1.17. The Labute approximate surface area is 120 Å². The maximum absolute atomic E-state index is 12.8. The quantitative estimate of drug-likeness (QED) is 0.916. The molecule has 1 saturated heterocycles. The predicted molar refractivity (Wildman–Crippen MR) is 80.9 cm³/mol. The fraction of sp³-hybridized carbons (Fsp3) is 0.529. The Morgan fingerprint density at radius 3 is 2.75 bits per heavy atom. The summed E-state index contributed by atoms with van der Waals surface area (Å²) in [6, 6.07) is 6.51. The molecule has 20 heavy (non-hydrogen) atoms. The third-order valence-corrected chi connectivity index (χ3v) is 3.76. The van der Waals surface area contributed by atoms with Gasteiger partial charge in [-0.15, -0.1) is 0 Å². The van der Waals surface area contributed by atoms with Gasteiger partial charge in [-0.25, -0.2) is 4.39 Å². The van der Waals surface area contributed by atoms with Crippen molar-refractivity contribution >= 4 is 6.08 Å². The molecular formula is C17H24FNO. The topological polar surface area (TPSA) is 23.5 Å². The lowest BCUT2D eigenvalue weighted by Crippen LogP contribution is -2.32. The van der Waals surface area contributed by atoms with E-state index in [2.05, 4.69) is 24.8 Å². The van der Waals surface area contributed by atoms with E-state index >= 15 is 0 Å². The third-order valence-electron chi connectivity index (χ3n) is 3.76. The van der Waals surface area contributed by atoms with Crippen molar-refractivity contribution in [1.82, 2.24) is 4.90 Å². The van der Waals surface area contributed by atoms with Crippen LogP contribution in [0.4, 0.5) is 4.39 Å². The normalized spacial score (nSPS) is 23.9. The van der Waals surface area contributed by atoms with Crippen molar-refractivity contribution in [2.24, 2.45) is 5.41 Å². The van der Waals surface area contributed by atoms with Gasteiger partial charge in [0, 0.05) is 19.6 Å². The van der Waals surface area contributed by atoms with Gasteiger partial charge in [-0.3, -0.25) is 4.90 Å². The van der Waals surface area contributed by atoms with E-state index in [1.807, 2.05) is 6.08 Å². The third kappa shape index (κ3) is 4.73. The number of halogens is 1. The molecule has 1 heterocycles. The summed E-state index contributed by atoms with van der Waals surface area (Å²) in [4.78, 5) is 2.37. The van der Waals surface area contributed by atoms with Crippen molar-refractivity contribution in [2.75, 3.05) is 19.6 Å². The van der Waals surface area contributed by atoms with Gasteiger partial charge in [0.1, 0.15) is 5.82 Å². The van der Waals surface area contributed by atoms with Gasteiger partial charge in [0.25, 0.3) is 0 Å². The Balaban J connectivity index is 1.91. The smallest absolute Gasteiger partial charge is 0.123 e. The summed E-state index contributed by atoms with van der Waals surface area (Å²) in [6.07, 6.45) is 5.66. The van der Waals surface area contributed by atoms with Crippen molar-refractivity contribution in [3.8, 4) is 0 Å². The first-order valence-electron chi connectivity index (χ1n) is 7.27. The average molecular weight is 277 g/mol. The number of likely N-dealkylation sites (tertiary alicyclic amines) is 1. The molecule has 2 nitrogen and oxygen atoms in total. The number of nitrogens with zero attached hydrogens (tertiary/aromatic N) is 1. The highest BCUT2D eigenvalue weighted by molar-refractivity contribution is 5.48. The largest absolute Gasteiger partial charge is 0.393 e. The van der Waals surface area contributed by atoms with Gasteiger partial charge in [0.2, 0.25) is 0 Å². The minimum absolute atomic E-state index is 0.152. The van der Waals surface area contributed by atoms with Crippen molar-refractivity contribution in [2.45, 2.75) is 32.8 Å². The Morgan fingerprint density at radius 1 is 1.35 bits per heavy atom. The molecule has 0 saturated carbocycles. The molecule has 1 unspecified atom stereocenters. The van der Waals surface area contributed by atoms with Crippen molar-refractivity contribution in [3.63, 3.8) is 0 Å². The maximum Gasteiger partial charge on any atom is 0.123 e. The zero-order valence-corrected chi connectivity index (χ0v) is 12.3. The lowest BCUT2D eigenvalue weighted by atomic mass is 9.87. The molecule has 1 aliphatic heterocycles. The first-order valence-corrected chi connectivity index (χ1v) is 7.27. The van der Waals surface area contributed by atoms with E-state index in [1.165, 1.54) is 12.1 Å². The minimum atomic E-state index is -0.203. The molecule has 0 amide bonds.